The van der Waals surface area contributed by atoms with Crippen molar-refractivity contribution in [2.75, 3.05) is 56.9 Å². The SMILES string of the molecule is COc1c2cc(S(=O)(=O)[O-])cc1Cc1cc(S(=O)(=O)[O-])cc(c1OC)Cc1cc(S(=O)(=O)[O-])cc(c1OC)Cc1cc(S(=O)(=O)[O-])cc(c1OC)Cc1cc(S(=O)(=O)[O-])cc(c1OC)Cc1cc(S(=O)(=O)[O-])cc(c1OC)Cc1cc(S(=O)(=O)[O-])cc(c1OC)Cc1cc(S(=O)(=O)[O-])cc(c1OC)C2.[Na+].[Na+].[Na+].[Na+].[Na+].[Na+].[Na+].[Na+]. The monoisotopic (exact) mass is 1780 g/mol. The van der Waals surface area contributed by atoms with E-state index in [9.17, 15) is 104 Å². The first-order chi connectivity index (χ1) is 48.2. The van der Waals surface area contributed by atoms with Gasteiger partial charge < -0.3 is 74.3 Å². The Morgan fingerprint density at radius 1 is 0.170 bits per heavy atom. The van der Waals surface area contributed by atoms with Crippen molar-refractivity contribution in [3.8, 4) is 46.0 Å². The van der Waals surface area contributed by atoms with Crippen molar-refractivity contribution < 1.29 is 378 Å². The molecule has 0 aliphatic heterocycles. The molecule has 32 nitrogen and oxygen atoms in total. The molecule has 0 N–H and O–H groups in total. The van der Waals surface area contributed by atoms with Crippen LogP contribution in [0, 0.1) is 0 Å². The molecule has 0 saturated carbocycles. The fourth-order valence-corrected chi connectivity index (χ4v) is 17.4. The first-order valence-electron chi connectivity index (χ1n) is 29.4. The van der Waals surface area contributed by atoms with Crippen molar-refractivity contribution in [2.45, 2.75) is 90.5 Å². The van der Waals surface area contributed by atoms with Gasteiger partial charge in [0, 0.05) is 140 Å². The number of benzene rings is 8. The fraction of sp³-hybridized carbons (Fsp3) is 0.250. The molecule has 0 fully saturated rings. The summed E-state index contributed by atoms with van der Waals surface area (Å²) in [4.78, 5) is -8.21. The molecule has 0 spiro atoms. The molecule has 0 heterocycles. The quantitative estimate of drug-likeness (QED) is 0.0640. The molecule has 8 aromatic rings. The smallest absolute Gasteiger partial charge is 0.744 e. The van der Waals surface area contributed by atoms with E-state index in [1.807, 2.05) is 0 Å². The summed E-state index contributed by atoms with van der Waals surface area (Å²) in [6, 6.07) is 12.6. The van der Waals surface area contributed by atoms with Crippen molar-refractivity contribution in [3.05, 3.63) is 186 Å². The second kappa shape index (κ2) is 43.0. The van der Waals surface area contributed by atoms with Crippen molar-refractivity contribution in [2.24, 2.45) is 0 Å². The third kappa shape index (κ3) is 25.8. The fourth-order valence-electron chi connectivity index (χ4n) is 12.8. The van der Waals surface area contributed by atoms with Gasteiger partial charge in [0.2, 0.25) is 0 Å². The number of hydrogen-bond donors (Lipinski definition) is 0. The summed E-state index contributed by atoms with van der Waals surface area (Å²) in [5.41, 5.74) is -5.20. The Bertz CT molecular complexity index is 4620. The van der Waals surface area contributed by atoms with Gasteiger partial charge in [0.1, 0.15) is 127 Å². The van der Waals surface area contributed by atoms with Crippen LogP contribution in [0.5, 0.6) is 46.0 Å². The molecule has 0 saturated heterocycles. The van der Waals surface area contributed by atoms with E-state index in [4.69, 9.17) is 37.9 Å². The molecule has 112 heavy (non-hydrogen) atoms. The van der Waals surface area contributed by atoms with E-state index in [0.29, 0.717) is 0 Å². The molecular formula is C64H56Na8O32S8. The van der Waals surface area contributed by atoms with Crippen LogP contribution >= 0.6 is 0 Å². The van der Waals surface area contributed by atoms with Gasteiger partial charge in [-0.25, -0.2) is 67.3 Å². The van der Waals surface area contributed by atoms with Crippen LogP contribution in [0.2, 0.25) is 0 Å². The summed E-state index contributed by atoms with van der Waals surface area (Å²) in [6.45, 7) is 0. The molecule has 48 heteroatoms. The molecular weight excluding hydrogens is 1720 g/mol. The zero-order valence-corrected chi connectivity index (χ0v) is 85.8. The van der Waals surface area contributed by atoms with E-state index in [-0.39, 0.29) is 371 Å². The van der Waals surface area contributed by atoms with E-state index in [0.717, 1.165) is 154 Å². The molecule has 0 unspecified atom stereocenters. The molecule has 560 valence electrons. The Labute approximate surface area is 825 Å². The zero-order chi connectivity index (χ0) is 77.1. The molecule has 0 amide bonds. The molecule has 1 aliphatic carbocycles. The van der Waals surface area contributed by atoms with Gasteiger partial charge in [-0.05, 0) is 97.1 Å². The zero-order valence-electron chi connectivity index (χ0n) is 63.2. The van der Waals surface area contributed by atoms with Crippen LogP contribution in [-0.4, -0.2) is 161 Å². The predicted molar refractivity (Wildman–Crippen MR) is 350 cm³/mol. The maximum absolute atomic E-state index is 13.2. The topological polar surface area (TPSA) is 531 Å². The van der Waals surface area contributed by atoms with Crippen LogP contribution in [-0.2, 0) is 132 Å². The molecule has 8 aromatic carbocycles. The first-order valence-corrected chi connectivity index (χ1v) is 40.7. The van der Waals surface area contributed by atoms with E-state index >= 15 is 0 Å². The van der Waals surface area contributed by atoms with Gasteiger partial charge in [-0.15, -0.1) is 0 Å². The summed E-state index contributed by atoms with van der Waals surface area (Å²) in [6.07, 6.45) is -6.19. The van der Waals surface area contributed by atoms with Gasteiger partial charge in [-0.3, -0.25) is 0 Å². The van der Waals surface area contributed by atoms with Crippen molar-refractivity contribution in [3.63, 3.8) is 0 Å². The molecule has 0 aromatic heterocycles. The first kappa shape index (κ1) is 109. The van der Waals surface area contributed by atoms with Crippen LogP contribution in [0.15, 0.2) is 136 Å². The van der Waals surface area contributed by atoms with Gasteiger partial charge in [-0.1, -0.05) is 0 Å². The molecule has 9 rings (SSSR count). The van der Waals surface area contributed by atoms with Gasteiger partial charge in [0.25, 0.3) is 0 Å². The second-order valence-corrected chi connectivity index (χ2v) is 34.3. The van der Waals surface area contributed by atoms with Crippen molar-refractivity contribution >= 4 is 80.9 Å². The number of ether oxygens (including phenoxy) is 8. The van der Waals surface area contributed by atoms with Crippen molar-refractivity contribution in [1.29, 1.82) is 0 Å². The molecule has 1 aliphatic rings. The van der Waals surface area contributed by atoms with E-state index < -0.39 is 171 Å². The van der Waals surface area contributed by atoms with E-state index in [1.54, 1.807) is 0 Å². The number of fused-ring (bicyclic) bond motifs is 16. The maximum Gasteiger partial charge on any atom is 1.00 e. The van der Waals surface area contributed by atoms with Gasteiger partial charge >= 0.3 is 236 Å². The minimum absolute atomic E-state index is 0. The second-order valence-electron chi connectivity index (χ2n) is 23.2. The summed E-state index contributed by atoms with van der Waals surface area (Å²) in [7, 11) is -36.3. The Hall–Kier alpha value is -0.560. The number of hydrogen-bond acceptors (Lipinski definition) is 32. The third-order valence-electron chi connectivity index (χ3n) is 16.7. The average molecular weight is 1780 g/mol. The largest absolute Gasteiger partial charge is 1.00 e. The van der Waals surface area contributed by atoms with Crippen LogP contribution in [0.3, 0.4) is 0 Å². The normalized spacial score (nSPS) is 12.7. The summed E-state index contributed by atoms with van der Waals surface area (Å²) in [5, 5.41) is 0. The molecule has 0 radical (unpaired) electrons. The Balaban J connectivity index is 0.00000784. The minimum atomic E-state index is -5.58. The molecule has 16 bridgehead atoms. The summed E-state index contributed by atoms with van der Waals surface area (Å²) >= 11 is 0. The van der Waals surface area contributed by atoms with Gasteiger partial charge in [-0.2, -0.15) is 0 Å². The molecule has 0 atom stereocenters. The van der Waals surface area contributed by atoms with Gasteiger partial charge in [0.05, 0.1) is 96.0 Å². The van der Waals surface area contributed by atoms with E-state index in [2.05, 4.69) is 0 Å². The van der Waals surface area contributed by atoms with Crippen molar-refractivity contribution in [1.82, 2.24) is 0 Å². The van der Waals surface area contributed by atoms with Crippen LogP contribution in [0.1, 0.15) is 89.0 Å². The van der Waals surface area contributed by atoms with Crippen LogP contribution < -0.4 is 274 Å². The van der Waals surface area contributed by atoms with Crippen LogP contribution in [0.25, 0.3) is 0 Å². The number of rotatable bonds is 16. The summed E-state index contributed by atoms with van der Waals surface area (Å²) in [5.74, 6) is -2.83. The summed E-state index contributed by atoms with van der Waals surface area (Å²) < 4.78 is 363. The Morgan fingerprint density at radius 2 is 0.232 bits per heavy atom. The maximum atomic E-state index is 13.2. The van der Waals surface area contributed by atoms with Crippen LogP contribution in [0.4, 0.5) is 0 Å². The third-order valence-corrected chi connectivity index (χ3v) is 23.2. The Morgan fingerprint density at radius 3 is 0.277 bits per heavy atom. The van der Waals surface area contributed by atoms with Gasteiger partial charge in [0.15, 0.2) is 0 Å². The number of methoxy groups -OCH3 is 8. The Kier molecular flexibility index (Phi) is 42.0. The standard InChI is InChI=1S/C64H64O32S8.8Na/c1-89-57-33-9-35-19-50(98(68,69)70)21-37(58(35)90-2)11-39-23-52(100(74,75)76)25-41(60(39)92-4)13-43-27-54(102(80,81)82)29-45(62(43)94-6)15-47-31-56(104(86,87)88)32-48(64(47)96-8)16-46-30-55(103(83,84)85)28-44(63(46)95-7)14-42-26-53(101(77,78)79)24-40(61(42)93-5)12-38-22-51(99(71,72)73)20-36(59(38)91-3)10-34(57)18-49(17-33)97(65,66)67;;;;;;;;/h17-32H,9-16H2,1-8H3,(H,65,66,67)(H,68,69,70)(H,71,72,73)(H,74,75,76)(H,77,78,79)(H,80,81,82)(H,83,84,85)(H,86,87,88);;;;;;;;/q;8*+1/p-8. The van der Waals surface area contributed by atoms with E-state index in [1.165, 1.54) is 0 Å². The minimum Gasteiger partial charge on any atom is -0.744 e. The average Bonchev–Trinajstić information content (AvgIpc) is 0.771. The predicted octanol–water partition coefficient (Wildman–Crippen LogP) is -19.9.